The summed E-state index contributed by atoms with van der Waals surface area (Å²) in [5, 5.41) is -0.0432. The zero-order chi connectivity index (χ0) is 28.9. The molecule has 4 aromatic rings. The Kier molecular flexibility index (Phi) is 7.45. The van der Waals surface area contributed by atoms with E-state index in [1.165, 1.54) is 29.9 Å². The maximum atomic E-state index is 13.9. The van der Waals surface area contributed by atoms with E-state index in [-0.39, 0.29) is 27.1 Å². The molecule has 0 radical (unpaired) electrons. The molecule has 0 atom stereocenters. The van der Waals surface area contributed by atoms with Gasteiger partial charge in [0.2, 0.25) is 0 Å². The molecule has 1 aliphatic heterocycles. The number of carbonyl (C=O) groups excluding carboxylic acids is 1. The minimum atomic E-state index is -4.32. The number of hydrogen-bond acceptors (Lipinski definition) is 4. The molecule has 0 fully saturated rings. The van der Waals surface area contributed by atoms with E-state index in [9.17, 15) is 18.0 Å². The highest BCUT2D eigenvalue weighted by atomic mass is 79.9. The summed E-state index contributed by atoms with van der Waals surface area (Å²) in [4.78, 5) is 28.7. The molecular weight excluding hydrogens is 616 g/mol. The van der Waals surface area contributed by atoms with Crippen molar-refractivity contribution in [3.8, 4) is 5.69 Å². The van der Waals surface area contributed by atoms with Crippen molar-refractivity contribution >= 4 is 54.8 Å². The molecule has 0 aliphatic carbocycles. The fourth-order valence-electron chi connectivity index (χ4n) is 5.23. The number of para-hydroxylation sites is 1. The highest BCUT2D eigenvalue weighted by molar-refractivity contribution is 9.10. The zero-order valence-corrected chi connectivity index (χ0v) is 25.6. The van der Waals surface area contributed by atoms with Crippen molar-refractivity contribution in [3.63, 3.8) is 0 Å². The number of amides is 1. The van der Waals surface area contributed by atoms with Gasteiger partial charge in [-0.05, 0) is 74.2 Å². The topological polar surface area (TPSA) is 84.6 Å². The summed E-state index contributed by atoms with van der Waals surface area (Å²) in [6.07, 6.45) is 1.65. The molecule has 208 valence electrons. The van der Waals surface area contributed by atoms with Crippen molar-refractivity contribution in [3.05, 3.63) is 103 Å². The number of aromatic nitrogens is 2. The van der Waals surface area contributed by atoms with Crippen LogP contribution in [-0.4, -0.2) is 37.3 Å². The van der Waals surface area contributed by atoms with Crippen molar-refractivity contribution in [1.29, 1.82) is 0 Å². The summed E-state index contributed by atoms with van der Waals surface area (Å²) >= 11 is 9.97. The number of halogens is 2. The average Bonchev–Trinajstić information content (AvgIpc) is 3.17. The molecule has 8 nitrogen and oxygen atoms in total. The fraction of sp³-hybridized carbons (Fsp3) is 0.241. The Morgan fingerprint density at radius 2 is 1.75 bits per heavy atom. The first-order valence-corrected chi connectivity index (χ1v) is 15.3. The van der Waals surface area contributed by atoms with E-state index >= 15 is 0 Å². The van der Waals surface area contributed by atoms with E-state index in [1.807, 2.05) is 25.1 Å². The molecule has 1 amide bonds. The van der Waals surface area contributed by atoms with Gasteiger partial charge in [0.25, 0.3) is 21.5 Å². The van der Waals surface area contributed by atoms with Gasteiger partial charge >= 0.3 is 0 Å². The summed E-state index contributed by atoms with van der Waals surface area (Å²) in [5.74, 6) is -0.319. The summed E-state index contributed by atoms with van der Waals surface area (Å²) in [5.41, 5.74) is 3.59. The highest BCUT2D eigenvalue weighted by Crippen LogP contribution is 2.36. The summed E-state index contributed by atoms with van der Waals surface area (Å²) in [6.45, 7) is 4.14. The van der Waals surface area contributed by atoms with Gasteiger partial charge < -0.3 is 4.90 Å². The molecule has 2 heterocycles. The molecule has 1 aliphatic rings. The monoisotopic (exact) mass is 642 g/mol. The van der Waals surface area contributed by atoms with Gasteiger partial charge in [-0.2, -0.15) is 0 Å². The summed E-state index contributed by atoms with van der Waals surface area (Å²) < 4.78 is 32.7. The first kappa shape index (κ1) is 28.2. The second-order valence-electron chi connectivity index (χ2n) is 9.77. The maximum absolute atomic E-state index is 13.9. The third kappa shape index (κ3) is 4.57. The molecule has 0 bridgehead atoms. The predicted molar refractivity (Wildman–Crippen MR) is 162 cm³/mol. The molecule has 40 heavy (non-hydrogen) atoms. The van der Waals surface area contributed by atoms with Crippen LogP contribution in [0.3, 0.4) is 0 Å². The van der Waals surface area contributed by atoms with E-state index in [0.717, 1.165) is 38.4 Å². The Bertz CT molecular complexity index is 1820. The van der Waals surface area contributed by atoms with Crippen LogP contribution in [0.1, 0.15) is 33.6 Å². The normalized spacial score (nSPS) is 13.3. The third-order valence-corrected chi connectivity index (χ3v) is 10.5. The number of sulfonamides is 1. The van der Waals surface area contributed by atoms with Gasteiger partial charge in [-0.1, -0.05) is 51.8 Å². The molecular formula is C29H28BrClN4O4S. The molecule has 1 aromatic heterocycles. The van der Waals surface area contributed by atoms with Gasteiger partial charge in [-0.15, -0.1) is 0 Å². The average molecular weight is 644 g/mol. The number of aryl methyl sites for hydroxylation is 1. The number of anilines is 2. The first-order chi connectivity index (χ1) is 18.9. The molecule has 5 rings (SSSR count). The molecule has 11 heteroatoms. The highest BCUT2D eigenvalue weighted by Gasteiger charge is 2.32. The summed E-state index contributed by atoms with van der Waals surface area (Å²) in [7, 11) is -1.31. The van der Waals surface area contributed by atoms with E-state index < -0.39 is 15.6 Å². The minimum Gasteiger partial charge on any atom is -0.308 e. The van der Waals surface area contributed by atoms with Gasteiger partial charge in [0.15, 0.2) is 0 Å². The lowest BCUT2D eigenvalue weighted by Crippen LogP contribution is -2.36. The van der Waals surface area contributed by atoms with Crippen LogP contribution in [0.5, 0.6) is 0 Å². The van der Waals surface area contributed by atoms with Crippen LogP contribution in [0.2, 0.25) is 5.02 Å². The van der Waals surface area contributed by atoms with Gasteiger partial charge in [0.05, 0.1) is 22.1 Å². The zero-order valence-electron chi connectivity index (χ0n) is 22.5. The second-order valence-corrected chi connectivity index (χ2v) is 13.0. The molecule has 0 spiro atoms. The van der Waals surface area contributed by atoms with E-state index in [2.05, 4.69) is 15.9 Å². The fourth-order valence-corrected chi connectivity index (χ4v) is 7.29. The molecule has 0 unspecified atom stereocenters. The van der Waals surface area contributed by atoms with E-state index in [1.54, 1.807) is 47.8 Å². The SMILES string of the molecule is Cc1c(Br)ccc2c1N(C(=O)c1ccc(Cl)c(S(=O)(=O)N(C)c3c(C)n(C)n(-c4ccccc4)c3=O)c1)CCC2. The quantitative estimate of drug-likeness (QED) is 0.282. The molecule has 0 saturated carbocycles. The van der Waals surface area contributed by atoms with Crippen molar-refractivity contribution in [2.45, 2.75) is 31.6 Å². The first-order valence-electron chi connectivity index (χ1n) is 12.7. The van der Waals surface area contributed by atoms with Crippen LogP contribution in [0.25, 0.3) is 5.69 Å². The van der Waals surface area contributed by atoms with Crippen molar-refractivity contribution in [1.82, 2.24) is 9.36 Å². The Balaban J connectivity index is 1.56. The Morgan fingerprint density at radius 1 is 1.05 bits per heavy atom. The maximum Gasteiger partial charge on any atom is 0.296 e. The minimum absolute atomic E-state index is 0.00965. The van der Waals surface area contributed by atoms with E-state index in [0.29, 0.717) is 17.9 Å². The molecule has 0 N–H and O–H groups in total. The summed E-state index contributed by atoms with van der Waals surface area (Å²) in [6, 6.07) is 17.2. The third-order valence-electron chi connectivity index (χ3n) is 7.45. The number of hydrogen-bond donors (Lipinski definition) is 0. The Hall–Kier alpha value is -3.34. The van der Waals surface area contributed by atoms with Crippen LogP contribution in [0.15, 0.2) is 74.8 Å². The van der Waals surface area contributed by atoms with Crippen LogP contribution < -0.4 is 14.8 Å². The lowest BCUT2D eigenvalue weighted by atomic mass is 9.97. The molecule has 3 aromatic carbocycles. The number of carbonyl (C=O) groups is 1. The lowest BCUT2D eigenvalue weighted by Gasteiger charge is -2.32. The van der Waals surface area contributed by atoms with Gasteiger partial charge in [-0.25, -0.2) is 13.1 Å². The van der Waals surface area contributed by atoms with Crippen LogP contribution in [-0.2, 0) is 23.5 Å². The van der Waals surface area contributed by atoms with Gasteiger partial charge in [0.1, 0.15) is 10.6 Å². The smallest absolute Gasteiger partial charge is 0.296 e. The predicted octanol–water partition coefficient (Wildman–Crippen LogP) is 5.63. The standard InChI is InChI=1S/C29H28BrClN4O4S/c1-18-23(30)14-12-20-9-8-16-34(26(18)20)28(36)21-13-15-24(31)25(17-21)40(38,39)33(4)27-19(2)32(3)35(29(27)37)22-10-6-5-7-11-22/h5-7,10-15,17H,8-9,16H2,1-4H3. The van der Waals surface area contributed by atoms with Crippen LogP contribution in [0.4, 0.5) is 11.4 Å². The van der Waals surface area contributed by atoms with Gasteiger partial charge in [-0.3, -0.25) is 18.6 Å². The Morgan fingerprint density at radius 3 is 2.45 bits per heavy atom. The van der Waals surface area contributed by atoms with E-state index in [4.69, 9.17) is 11.6 Å². The largest absolute Gasteiger partial charge is 0.308 e. The van der Waals surface area contributed by atoms with Crippen molar-refractivity contribution < 1.29 is 13.2 Å². The van der Waals surface area contributed by atoms with Crippen molar-refractivity contribution in [2.24, 2.45) is 7.05 Å². The lowest BCUT2D eigenvalue weighted by molar-refractivity contribution is 0.0984. The number of benzene rings is 3. The number of fused-ring (bicyclic) bond motifs is 1. The number of rotatable bonds is 5. The van der Waals surface area contributed by atoms with Crippen molar-refractivity contribution in [2.75, 3.05) is 22.8 Å². The van der Waals surface area contributed by atoms with Crippen LogP contribution >= 0.6 is 27.5 Å². The van der Waals surface area contributed by atoms with Crippen LogP contribution in [0, 0.1) is 13.8 Å². The van der Waals surface area contributed by atoms with Gasteiger partial charge in [0, 0.05) is 30.7 Å². The molecule has 0 saturated heterocycles. The second kappa shape index (κ2) is 10.6. The number of nitrogens with zero attached hydrogens (tertiary/aromatic N) is 4. The Labute approximate surface area is 246 Å².